The molecular weight excluding hydrogens is 388 g/mol. The van der Waals surface area contributed by atoms with Gasteiger partial charge >= 0.3 is 0 Å². The fraction of sp³-hybridized carbons (Fsp3) is 0.273. The number of ether oxygens (including phenoxy) is 1. The molecule has 2 heterocycles. The lowest BCUT2D eigenvalue weighted by atomic mass is 10.1. The number of aromatic nitrogens is 2. The number of rotatable bonds is 6. The van der Waals surface area contributed by atoms with Crippen molar-refractivity contribution in [3.63, 3.8) is 0 Å². The van der Waals surface area contributed by atoms with Gasteiger partial charge in [0.2, 0.25) is 0 Å². The van der Waals surface area contributed by atoms with Crippen molar-refractivity contribution in [3.8, 4) is 17.0 Å². The number of halogens is 1. The Kier molecular flexibility index (Phi) is 5.71. The van der Waals surface area contributed by atoms with Crippen LogP contribution in [0.5, 0.6) is 5.75 Å². The summed E-state index contributed by atoms with van der Waals surface area (Å²) in [6.45, 7) is 3.98. The Bertz CT molecular complexity index is 986. The zero-order valence-corrected chi connectivity index (χ0v) is 16.9. The average molecular weight is 411 g/mol. The average Bonchev–Trinajstić information content (AvgIpc) is 3.39. The Morgan fingerprint density at radius 1 is 1.28 bits per heavy atom. The standard InChI is InChI=1S/C22H23ClN4O2/c1-2-29-20-6-4-3-5-18(20)22(28)24-17-11-12-27(14-17)21-13-19(25-26-21)15-7-9-16(23)10-8-15/h3-10,13,17H,2,11-12,14H2,1H3,(H,24,28)(H,25,26). The van der Waals surface area contributed by atoms with Crippen molar-refractivity contribution in [1.29, 1.82) is 0 Å². The molecule has 1 amide bonds. The Morgan fingerprint density at radius 3 is 2.86 bits per heavy atom. The topological polar surface area (TPSA) is 70.2 Å². The second-order valence-corrected chi connectivity index (χ2v) is 7.42. The van der Waals surface area contributed by atoms with E-state index in [2.05, 4.69) is 20.4 Å². The van der Waals surface area contributed by atoms with Crippen molar-refractivity contribution < 1.29 is 9.53 Å². The van der Waals surface area contributed by atoms with E-state index in [1.165, 1.54) is 0 Å². The van der Waals surface area contributed by atoms with Gasteiger partial charge in [0.15, 0.2) is 5.82 Å². The molecule has 1 aliphatic heterocycles. The lowest BCUT2D eigenvalue weighted by Crippen LogP contribution is -2.37. The van der Waals surface area contributed by atoms with E-state index in [0.717, 1.165) is 30.0 Å². The molecule has 2 N–H and O–H groups in total. The van der Waals surface area contributed by atoms with E-state index in [4.69, 9.17) is 16.3 Å². The highest BCUT2D eigenvalue weighted by Crippen LogP contribution is 2.26. The van der Waals surface area contributed by atoms with Crippen molar-refractivity contribution in [3.05, 3.63) is 65.2 Å². The fourth-order valence-corrected chi connectivity index (χ4v) is 3.66. The van der Waals surface area contributed by atoms with Crippen LogP contribution in [-0.4, -0.2) is 41.8 Å². The second kappa shape index (κ2) is 8.57. The maximum Gasteiger partial charge on any atom is 0.255 e. The van der Waals surface area contributed by atoms with Gasteiger partial charge in [0.05, 0.1) is 17.9 Å². The Balaban J connectivity index is 1.40. The summed E-state index contributed by atoms with van der Waals surface area (Å²) in [5.41, 5.74) is 2.54. The van der Waals surface area contributed by atoms with Crippen molar-refractivity contribution in [2.75, 3.05) is 24.6 Å². The molecule has 29 heavy (non-hydrogen) atoms. The van der Waals surface area contributed by atoms with Gasteiger partial charge in [0, 0.05) is 30.2 Å². The van der Waals surface area contributed by atoms with Crippen LogP contribution in [0.1, 0.15) is 23.7 Å². The number of nitrogens with one attached hydrogen (secondary N) is 2. The highest BCUT2D eigenvalue weighted by molar-refractivity contribution is 6.30. The molecule has 6 nitrogen and oxygen atoms in total. The van der Waals surface area contributed by atoms with Crippen LogP contribution in [0.4, 0.5) is 5.82 Å². The zero-order valence-electron chi connectivity index (χ0n) is 16.2. The van der Waals surface area contributed by atoms with E-state index in [1.807, 2.05) is 55.5 Å². The molecule has 0 radical (unpaired) electrons. The molecule has 0 spiro atoms. The highest BCUT2D eigenvalue weighted by atomic mass is 35.5. The number of anilines is 1. The number of hydrogen-bond acceptors (Lipinski definition) is 4. The highest BCUT2D eigenvalue weighted by Gasteiger charge is 2.26. The minimum atomic E-state index is -0.107. The van der Waals surface area contributed by atoms with Gasteiger partial charge in [0.25, 0.3) is 5.91 Å². The summed E-state index contributed by atoms with van der Waals surface area (Å²) in [6.07, 6.45) is 0.867. The van der Waals surface area contributed by atoms with Gasteiger partial charge in [-0.25, -0.2) is 0 Å². The molecule has 0 saturated carbocycles. The van der Waals surface area contributed by atoms with Gasteiger partial charge < -0.3 is 15.0 Å². The first kappa shape index (κ1) is 19.3. The molecule has 1 aromatic heterocycles. The van der Waals surface area contributed by atoms with Crippen molar-refractivity contribution in [1.82, 2.24) is 15.5 Å². The van der Waals surface area contributed by atoms with Crippen LogP contribution in [0.15, 0.2) is 54.6 Å². The summed E-state index contributed by atoms with van der Waals surface area (Å²) in [7, 11) is 0. The van der Waals surface area contributed by atoms with Gasteiger partial charge in [-0.05, 0) is 43.2 Å². The third kappa shape index (κ3) is 4.38. The first-order valence-electron chi connectivity index (χ1n) is 9.73. The minimum Gasteiger partial charge on any atom is -0.493 e. The van der Waals surface area contributed by atoms with E-state index in [0.29, 0.717) is 29.5 Å². The van der Waals surface area contributed by atoms with Gasteiger partial charge in [-0.3, -0.25) is 9.89 Å². The molecule has 1 saturated heterocycles. The summed E-state index contributed by atoms with van der Waals surface area (Å²) in [4.78, 5) is 14.9. The minimum absolute atomic E-state index is 0.0628. The van der Waals surface area contributed by atoms with Crippen LogP contribution in [0.3, 0.4) is 0 Å². The molecule has 2 aromatic carbocycles. The molecule has 3 aromatic rings. The molecule has 4 rings (SSSR count). The van der Waals surface area contributed by atoms with Gasteiger partial charge in [-0.1, -0.05) is 35.9 Å². The maximum absolute atomic E-state index is 12.7. The number of carbonyl (C=O) groups excluding carboxylic acids is 1. The molecule has 150 valence electrons. The second-order valence-electron chi connectivity index (χ2n) is 6.98. The summed E-state index contributed by atoms with van der Waals surface area (Å²) in [5, 5.41) is 11.4. The third-order valence-electron chi connectivity index (χ3n) is 5.00. The number of nitrogens with zero attached hydrogens (tertiary/aromatic N) is 2. The SMILES string of the molecule is CCOc1ccccc1C(=O)NC1CCN(c2cc(-c3ccc(Cl)cc3)[nH]n2)C1. The zero-order chi connectivity index (χ0) is 20.2. The molecule has 0 bridgehead atoms. The summed E-state index contributed by atoms with van der Waals surface area (Å²) >= 11 is 5.96. The number of amides is 1. The summed E-state index contributed by atoms with van der Waals surface area (Å²) in [6, 6.07) is 17.1. The van der Waals surface area contributed by atoms with Crippen LogP contribution in [0, 0.1) is 0 Å². The van der Waals surface area contributed by atoms with Crippen molar-refractivity contribution in [2.24, 2.45) is 0 Å². The number of carbonyl (C=O) groups is 1. The number of H-pyrrole nitrogens is 1. The number of hydrogen-bond donors (Lipinski definition) is 2. The lowest BCUT2D eigenvalue weighted by Gasteiger charge is -2.17. The van der Waals surface area contributed by atoms with E-state index < -0.39 is 0 Å². The first-order valence-corrected chi connectivity index (χ1v) is 10.1. The molecule has 1 aliphatic rings. The summed E-state index contributed by atoms with van der Waals surface area (Å²) in [5.74, 6) is 1.38. The Morgan fingerprint density at radius 2 is 2.07 bits per heavy atom. The smallest absolute Gasteiger partial charge is 0.255 e. The first-order chi connectivity index (χ1) is 14.1. The Labute approximate surface area is 174 Å². The van der Waals surface area contributed by atoms with Crippen LogP contribution in [0.2, 0.25) is 5.02 Å². The number of benzene rings is 2. The van der Waals surface area contributed by atoms with Gasteiger partial charge in [0.1, 0.15) is 5.75 Å². The predicted molar refractivity (Wildman–Crippen MR) is 115 cm³/mol. The fourth-order valence-electron chi connectivity index (χ4n) is 3.54. The normalized spacial score (nSPS) is 16.1. The van der Waals surface area contributed by atoms with Crippen molar-refractivity contribution >= 4 is 23.3 Å². The largest absolute Gasteiger partial charge is 0.493 e. The van der Waals surface area contributed by atoms with Crippen LogP contribution < -0.4 is 15.0 Å². The number of aromatic amines is 1. The number of para-hydroxylation sites is 1. The van der Waals surface area contributed by atoms with E-state index >= 15 is 0 Å². The molecule has 0 aliphatic carbocycles. The quantitative estimate of drug-likeness (QED) is 0.640. The molecule has 7 heteroatoms. The third-order valence-corrected chi connectivity index (χ3v) is 5.25. The van der Waals surface area contributed by atoms with Crippen LogP contribution in [-0.2, 0) is 0 Å². The summed E-state index contributed by atoms with van der Waals surface area (Å²) < 4.78 is 5.57. The van der Waals surface area contributed by atoms with Crippen LogP contribution in [0.25, 0.3) is 11.3 Å². The van der Waals surface area contributed by atoms with E-state index in [1.54, 1.807) is 6.07 Å². The molecule has 1 atom stereocenters. The molecule has 1 fully saturated rings. The van der Waals surface area contributed by atoms with Crippen LogP contribution >= 0.6 is 11.6 Å². The van der Waals surface area contributed by atoms with E-state index in [-0.39, 0.29) is 11.9 Å². The van der Waals surface area contributed by atoms with E-state index in [9.17, 15) is 4.79 Å². The Hall–Kier alpha value is -2.99. The molecule has 1 unspecified atom stereocenters. The maximum atomic E-state index is 12.7. The predicted octanol–water partition coefficient (Wildman–Crippen LogP) is 4.14. The monoisotopic (exact) mass is 410 g/mol. The van der Waals surface area contributed by atoms with Gasteiger partial charge in [-0.15, -0.1) is 0 Å². The molecular formula is C22H23ClN4O2. The van der Waals surface area contributed by atoms with Gasteiger partial charge in [-0.2, -0.15) is 5.10 Å². The van der Waals surface area contributed by atoms with Crippen molar-refractivity contribution in [2.45, 2.75) is 19.4 Å². The lowest BCUT2D eigenvalue weighted by molar-refractivity contribution is 0.0936.